The molecule has 1 amide bonds. The molecule has 1 heterocycles. The van der Waals surface area contributed by atoms with E-state index < -0.39 is 20.5 Å². The smallest absolute Gasteiger partial charge is 0.264 e. The monoisotopic (exact) mass is 418 g/mol. The van der Waals surface area contributed by atoms with Crippen LogP contribution in [-0.2, 0) is 21.2 Å². The van der Waals surface area contributed by atoms with Crippen molar-refractivity contribution in [2.45, 2.75) is 38.5 Å². The third kappa shape index (κ3) is 4.33. The van der Waals surface area contributed by atoms with Crippen molar-refractivity contribution in [3.63, 3.8) is 0 Å². The number of aryl methyl sites for hydroxylation is 2. The van der Waals surface area contributed by atoms with Crippen molar-refractivity contribution in [2.75, 3.05) is 6.26 Å². The fourth-order valence-electron chi connectivity index (χ4n) is 3.18. The number of nitrogens with one attached hydrogen (secondary N) is 1. The molecule has 0 bridgehead atoms. The Morgan fingerprint density at radius 2 is 2.00 bits per heavy atom. The quantitative estimate of drug-likeness (QED) is 0.408. The molecule has 29 heavy (non-hydrogen) atoms. The topological polar surface area (TPSA) is 105 Å². The summed E-state index contributed by atoms with van der Waals surface area (Å²) in [7, 11) is -3.83. The molecule has 0 radical (unpaired) electrons. The van der Waals surface area contributed by atoms with Gasteiger partial charge in [0.25, 0.3) is 11.5 Å². The molecule has 0 saturated carbocycles. The first-order chi connectivity index (χ1) is 13.5. The van der Waals surface area contributed by atoms with Crippen molar-refractivity contribution < 1.29 is 18.4 Å². The second-order valence-corrected chi connectivity index (χ2v) is 9.80. The summed E-state index contributed by atoms with van der Waals surface area (Å²) in [6.45, 7) is 8.75. The minimum Gasteiger partial charge on any atom is -0.315 e. The zero-order valence-electron chi connectivity index (χ0n) is 17.0. The predicted molar refractivity (Wildman–Crippen MR) is 115 cm³/mol. The van der Waals surface area contributed by atoms with Crippen LogP contribution >= 0.6 is 0 Å². The Balaban J connectivity index is 2.50. The van der Waals surface area contributed by atoms with Crippen LogP contribution < -0.4 is 11.0 Å². The maximum absolute atomic E-state index is 12.9. The number of nitrogens with zero attached hydrogens (tertiary/aromatic N) is 1. The fourth-order valence-corrected chi connectivity index (χ4v) is 4.02. The first kappa shape index (κ1) is 22.6. The molecule has 1 aromatic carbocycles. The molecule has 2 aromatic rings. The Morgan fingerprint density at radius 1 is 1.34 bits per heavy atom. The van der Waals surface area contributed by atoms with Crippen LogP contribution in [0.2, 0.25) is 0 Å². The van der Waals surface area contributed by atoms with E-state index in [0.29, 0.717) is 5.39 Å². The van der Waals surface area contributed by atoms with Gasteiger partial charge in [-0.1, -0.05) is 24.8 Å². The lowest BCUT2D eigenvalue weighted by atomic mass is 10.0. The van der Waals surface area contributed by atoms with E-state index in [1.54, 1.807) is 18.3 Å². The van der Waals surface area contributed by atoms with Gasteiger partial charge in [-0.2, -0.15) is 0 Å². The van der Waals surface area contributed by atoms with Gasteiger partial charge >= 0.3 is 0 Å². The van der Waals surface area contributed by atoms with Crippen LogP contribution in [0.25, 0.3) is 16.3 Å². The molecule has 0 aliphatic rings. The van der Waals surface area contributed by atoms with Crippen LogP contribution in [0.4, 0.5) is 0 Å². The molecule has 1 atom stereocenters. The summed E-state index contributed by atoms with van der Waals surface area (Å²) in [4.78, 5) is 24.9. The van der Waals surface area contributed by atoms with Crippen molar-refractivity contribution in [1.82, 2.24) is 10.0 Å². The van der Waals surface area contributed by atoms with E-state index in [9.17, 15) is 18.0 Å². The van der Waals surface area contributed by atoms with Crippen molar-refractivity contribution in [3.05, 3.63) is 64.6 Å². The van der Waals surface area contributed by atoms with Gasteiger partial charge in [0.05, 0.1) is 0 Å². The predicted octanol–water partition coefficient (Wildman–Crippen LogP) is 2.60. The molecule has 0 aliphatic heterocycles. The molecule has 1 unspecified atom stereocenters. The number of carbonyl (C=O) groups is 1. The maximum atomic E-state index is 12.9. The van der Waals surface area contributed by atoms with Crippen molar-refractivity contribution >= 4 is 32.1 Å². The van der Waals surface area contributed by atoms with Gasteiger partial charge in [0.2, 0.25) is 0 Å². The molecule has 2 rings (SSSR count). The number of allylic oxidation sites excluding steroid dienone is 3. The summed E-state index contributed by atoms with van der Waals surface area (Å²) >= 11 is 0. The highest BCUT2D eigenvalue weighted by atomic mass is 32.2. The second-order valence-electron chi connectivity index (χ2n) is 7.35. The standard InChI is InChI=1S/C21H26N2O5S/c1-6-7-14(2)16-8-9-17-18(12-16)15(3)13-23(19(17)24)11-10-21(4,20(25)22-26)29(5,27)28/h6-9,12-13,26H,1,10-11H2,2-5H3,(H,22,25)/b14-7+. The lowest BCUT2D eigenvalue weighted by molar-refractivity contribution is -0.131. The van der Waals surface area contributed by atoms with E-state index in [1.807, 2.05) is 32.1 Å². The number of pyridine rings is 1. The van der Waals surface area contributed by atoms with E-state index in [2.05, 4.69) is 6.58 Å². The van der Waals surface area contributed by atoms with E-state index in [0.717, 1.165) is 28.3 Å². The molecular formula is C21H26N2O5S. The van der Waals surface area contributed by atoms with Crippen LogP contribution in [0, 0.1) is 6.92 Å². The molecule has 0 spiro atoms. The van der Waals surface area contributed by atoms with Crippen molar-refractivity contribution in [2.24, 2.45) is 0 Å². The zero-order chi connectivity index (χ0) is 22.0. The molecule has 1 aromatic heterocycles. The number of rotatable bonds is 7. The highest BCUT2D eigenvalue weighted by molar-refractivity contribution is 7.92. The van der Waals surface area contributed by atoms with Gasteiger partial charge in [-0.05, 0) is 61.4 Å². The Hall–Kier alpha value is -2.71. The zero-order valence-corrected chi connectivity index (χ0v) is 17.8. The molecule has 156 valence electrons. The first-order valence-corrected chi connectivity index (χ1v) is 10.9. The lowest BCUT2D eigenvalue weighted by Crippen LogP contribution is -2.50. The summed E-state index contributed by atoms with van der Waals surface area (Å²) in [6.07, 6.45) is 6.00. The van der Waals surface area contributed by atoms with Gasteiger partial charge in [-0.15, -0.1) is 0 Å². The highest BCUT2D eigenvalue weighted by Gasteiger charge is 2.43. The molecule has 0 saturated heterocycles. The van der Waals surface area contributed by atoms with Crippen LogP contribution in [-0.4, -0.2) is 35.1 Å². The van der Waals surface area contributed by atoms with Crippen LogP contribution in [0.5, 0.6) is 0 Å². The van der Waals surface area contributed by atoms with Crippen LogP contribution in [0.3, 0.4) is 0 Å². The lowest BCUT2D eigenvalue weighted by Gasteiger charge is -2.25. The number of hydroxylamine groups is 1. The Labute approximate surface area is 170 Å². The minimum absolute atomic E-state index is 0.00372. The van der Waals surface area contributed by atoms with E-state index in [-0.39, 0.29) is 18.5 Å². The number of carbonyl (C=O) groups excluding carboxylic acids is 1. The number of aromatic nitrogens is 1. The summed E-state index contributed by atoms with van der Waals surface area (Å²) < 4.78 is 23.8. The van der Waals surface area contributed by atoms with Crippen molar-refractivity contribution in [3.8, 4) is 0 Å². The third-order valence-corrected chi connectivity index (χ3v) is 7.36. The van der Waals surface area contributed by atoms with Gasteiger partial charge in [0.1, 0.15) is 0 Å². The van der Waals surface area contributed by atoms with Gasteiger partial charge in [0, 0.05) is 24.4 Å². The van der Waals surface area contributed by atoms with Gasteiger partial charge in [0.15, 0.2) is 14.6 Å². The molecular weight excluding hydrogens is 392 g/mol. The van der Waals surface area contributed by atoms with Gasteiger partial charge in [-0.25, -0.2) is 13.9 Å². The Morgan fingerprint density at radius 3 is 2.55 bits per heavy atom. The van der Waals surface area contributed by atoms with Gasteiger partial charge < -0.3 is 4.57 Å². The number of hydrogen-bond donors (Lipinski definition) is 2. The number of amides is 1. The van der Waals surface area contributed by atoms with Crippen LogP contribution in [0.15, 0.2) is 47.9 Å². The van der Waals surface area contributed by atoms with Crippen molar-refractivity contribution in [1.29, 1.82) is 0 Å². The Bertz CT molecular complexity index is 1160. The van der Waals surface area contributed by atoms with E-state index in [1.165, 1.54) is 17.0 Å². The maximum Gasteiger partial charge on any atom is 0.264 e. The molecule has 7 nitrogen and oxygen atoms in total. The summed E-state index contributed by atoms with van der Waals surface area (Å²) in [5.74, 6) is -1.03. The average Bonchev–Trinajstić information content (AvgIpc) is 2.67. The summed E-state index contributed by atoms with van der Waals surface area (Å²) in [5, 5.41) is 10.2. The third-order valence-electron chi connectivity index (χ3n) is 5.34. The largest absolute Gasteiger partial charge is 0.315 e. The first-order valence-electron chi connectivity index (χ1n) is 9.04. The second kappa shape index (κ2) is 8.34. The molecule has 0 fully saturated rings. The minimum atomic E-state index is -3.83. The number of fused-ring (bicyclic) bond motifs is 1. The number of sulfone groups is 1. The molecule has 8 heteroatoms. The molecule has 0 aliphatic carbocycles. The fraction of sp³-hybridized carbons (Fsp3) is 0.333. The van der Waals surface area contributed by atoms with Crippen LogP contribution in [0.1, 0.15) is 31.4 Å². The number of hydrogen-bond acceptors (Lipinski definition) is 5. The average molecular weight is 419 g/mol. The normalized spacial score (nSPS) is 14.4. The summed E-state index contributed by atoms with van der Waals surface area (Å²) in [6, 6.07) is 5.53. The van der Waals surface area contributed by atoms with E-state index in [4.69, 9.17) is 5.21 Å². The van der Waals surface area contributed by atoms with Gasteiger partial charge in [-0.3, -0.25) is 14.8 Å². The Kier molecular flexibility index (Phi) is 6.50. The van der Waals surface area contributed by atoms with E-state index >= 15 is 0 Å². The highest BCUT2D eigenvalue weighted by Crippen LogP contribution is 2.24. The number of benzene rings is 1. The SMILES string of the molecule is C=C/C=C(\C)c1ccc2c(=O)n(CCC(C)(C(=O)NO)S(C)(=O)=O)cc(C)c2c1. The summed E-state index contributed by atoms with van der Waals surface area (Å²) in [5.41, 5.74) is 3.98. The molecule has 2 N–H and O–H groups in total.